The molecule has 1 heterocycles. The Morgan fingerprint density at radius 3 is 2.87 bits per heavy atom. The van der Waals surface area contributed by atoms with E-state index in [1.165, 1.54) is 11.5 Å². The molecule has 1 rings (SSSR count). The number of ether oxygens (including phenoxy) is 2. The van der Waals surface area contributed by atoms with Crippen molar-refractivity contribution in [2.75, 3.05) is 31.3 Å². The summed E-state index contributed by atoms with van der Waals surface area (Å²) in [5, 5.41) is 4.03. The number of rotatable bonds is 6. The van der Waals surface area contributed by atoms with Crippen LogP contribution in [0.1, 0.15) is 13.8 Å². The van der Waals surface area contributed by atoms with E-state index in [0.717, 1.165) is 5.00 Å². The standard InChI is InChI=1S/C9H17N3O2S/c1-6(2)14-7-8(10)12-15-9(7)11-4-5-13-3/h6,11H,4-5H2,1-3H3,(H2,10,12). The molecule has 0 saturated heterocycles. The van der Waals surface area contributed by atoms with E-state index in [4.69, 9.17) is 15.2 Å². The Labute approximate surface area is 93.7 Å². The second-order valence-corrected chi connectivity index (χ2v) is 4.09. The molecule has 86 valence electrons. The van der Waals surface area contributed by atoms with Crippen LogP contribution in [-0.2, 0) is 4.74 Å². The number of methoxy groups -OCH3 is 1. The van der Waals surface area contributed by atoms with Crippen LogP contribution < -0.4 is 15.8 Å². The van der Waals surface area contributed by atoms with Crippen molar-refractivity contribution in [3.63, 3.8) is 0 Å². The highest BCUT2D eigenvalue weighted by Gasteiger charge is 2.13. The number of nitrogen functional groups attached to an aromatic ring is 1. The molecule has 0 amide bonds. The quantitative estimate of drug-likeness (QED) is 0.727. The van der Waals surface area contributed by atoms with Crippen molar-refractivity contribution in [2.45, 2.75) is 20.0 Å². The Morgan fingerprint density at radius 1 is 1.53 bits per heavy atom. The van der Waals surface area contributed by atoms with Crippen LogP contribution in [0.25, 0.3) is 0 Å². The third-order valence-electron chi connectivity index (χ3n) is 1.62. The average molecular weight is 231 g/mol. The van der Waals surface area contributed by atoms with Crippen LogP contribution in [0.15, 0.2) is 0 Å². The van der Waals surface area contributed by atoms with Gasteiger partial charge in [0.05, 0.1) is 12.7 Å². The molecule has 0 aliphatic rings. The molecule has 0 unspecified atom stereocenters. The molecule has 1 aromatic rings. The number of aromatic nitrogens is 1. The first-order chi connectivity index (χ1) is 7.15. The van der Waals surface area contributed by atoms with Gasteiger partial charge in [-0.3, -0.25) is 0 Å². The van der Waals surface area contributed by atoms with Crippen molar-refractivity contribution >= 4 is 22.4 Å². The summed E-state index contributed by atoms with van der Waals surface area (Å²) in [5.41, 5.74) is 5.70. The van der Waals surface area contributed by atoms with Crippen LogP contribution in [0.3, 0.4) is 0 Å². The fraction of sp³-hybridized carbons (Fsp3) is 0.667. The molecule has 0 fully saturated rings. The van der Waals surface area contributed by atoms with Crippen molar-refractivity contribution in [2.24, 2.45) is 0 Å². The molecule has 5 nitrogen and oxygen atoms in total. The summed E-state index contributed by atoms with van der Waals surface area (Å²) >= 11 is 1.30. The summed E-state index contributed by atoms with van der Waals surface area (Å²) in [6, 6.07) is 0. The Balaban J connectivity index is 2.62. The maximum absolute atomic E-state index is 5.70. The molecule has 0 atom stereocenters. The zero-order valence-electron chi connectivity index (χ0n) is 9.24. The van der Waals surface area contributed by atoms with E-state index >= 15 is 0 Å². The van der Waals surface area contributed by atoms with Crippen molar-refractivity contribution < 1.29 is 9.47 Å². The molecule has 6 heteroatoms. The van der Waals surface area contributed by atoms with Crippen molar-refractivity contribution in [3.8, 4) is 5.75 Å². The molecule has 0 aromatic carbocycles. The van der Waals surface area contributed by atoms with Gasteiger partial charge < -0.3 is 20.5 Å². The van der Waals surface area contributed by atoms with Crippen LogP contribution in [0.5, 0.6) is 5.75 Å². The van der Waals surface area contributed by atoms with Gasteiger partial charge in [0.1, 0.15) is 0 Å². The number of nitrogens with zero attached hydrogens (tertiary/aromatic N) is 1. The lowest BCUT2D eigenvalue weighted by Gasteiger charge is -2.11. The monoisotopic (exact) mass is 231 g/mol. The topological polar surface area (TPSA) is 69.4 Å². The summed E-state index contributed by atoms with van der Waals surface area (Å²) in [6.07, 6.45) is 0.0895. The molecule has 3 N–H and O–H groups in total. The number of anilines is 2. The second-order valence-electron chi connectivity index (χ2n) is 3.31. The molecular weight excluding hydrogens is 214 g/mol. The lowest BCUT2D eigenvalue weighted by Crippen LogP contribution is -2.11. The van der Waals surface area contributed by atoms with Crippen LogP contribution in [0.4, 0.5) is 10.8 Å². The van der Waals surface area contributed by atoms with Gasteiger partial charge in [0, 0.05) is 13.7 Å². The minimum Gasteiger partial charge on any atom is -0.484 e. The van der Waals surface area contributed by atoms with Gasteiger partial charge in [-0.05, 0) is 25.4 Å². The molecular formula is C9H17N3O2S. The first-order valence-corrected chi connectivity index (χ1v) is 5.57. The summed E-state index contributed by atoms with van der Waals surface area (Å²) in [6.45, 7) is 5.26. The van der Waals surface area contributed by atoms with Gasteiger partial charge in [0.15, 0.2) is 16.6 Å². The fourth-order valence-corrected chi connectivity index (χ4v) is 1.70. The predicted molar refractivity (Wildman–Crippen MR) is 62.7 cm³/mol. The summed E-state index contributed by atoms with van der Waals surface area (Å²) < 4.78 is 14.5. The predicted octanol–water partition coefficient (Wildman–Crippen LogP) is 1.57. The summed E-state index contributed by atoms with van der Waals surface area (Å²) in [7, 11) is 1.66. The normalized spacial score (nSPS) is 10.7. The van der Waals surface area contributed by atoms with E-state index in [-0.39, 0.29) is 6.10 Å². The Bertz CT molecular complexity index is 302. The molecule has 0 radical (unpaired) electrons. The highest BCUT2D eigenvalue weighted by atomic mass is 32.1. The average Bonchev–Trinajstić information content (AvgIpc) is 2.49. The van der Waals surface area contributed by atoms with Gasteiger partial charge >= 0.3 is 0 Å². The van der Waals surface area contributed by atoms with Crippen LogP contribution in [0, 0.1) is 0 Å². The number of nitrogens with one attached hydrogen (secondary N) is 1. The van der Waals surface area contributed by atoms with Crippen molar-refractivity contribution in [3.05, 3.63) is 0 Å². The van der Waals surface area contributed by atoms with Gasteiger partial charge in [0.2, 0.25) is 0 Å². The third-order valence-corrected chi connectivity index (χ3v) is 2.42. The minimum absolute atomic E-state index is 0.0895. The van der Waals surface area contributed by atoms with E-state index < -0.39 is 0 Å². The minimum atomic E-state index is 0.0895. The zero-order chi connectivity index (χ0) is 11.3. The maximum atomic E-state index is 5.70. The second kappa shape index (κ2) is 5.77. The first kappa shape index (κ1) is 12.1. The number of hydrogen-bond donors (Lipinski definition) is 2. The van der Waals surface area contributed by atoms with Crippen LogP contribution in [-0.4, -0.2) is 30.7 Å². The van der Waals surface area contributed by atoms with E-state index in [1.807, 2.05) is 13.8 Å². The maximum Gasteiger partial charge on any atom is 0.197 e. The third kappa shape index (κ3) is 3.56. The zero-order valence-corrected chi connectivity index (χ0v) is 10.1. The van der Waals surface area contributed by atoms with Crippen LogP contribution in [0.2, 0.25) is 0 Å². The van der Waals surface area contributed by atoms with Gasteiger partial charge in [-0.25, -0.2) is 0 Å². The lowest BCUT2D eigenvalue weighted by atomic mass is 10.4. The lowest BCUT2D eigenvalue weighted by molar-refractivity contribution is 0.210. The molecule has 1 aromatic heterocycles. The van der Waals surface area contributed by atoms with E-state index in [1.54, 1.807) is 7.11 Å². The molecule has 0 aliphatic heterocycles. The number of nitrogens with two attached hydrogens (primary N) is 1. The smallest absolute Gasteiger partial charge is 0.197 e. The molecule has 0 bridgehead atoms. The van der Waals surface area contributed by atoms with Crippen LogP contribution >= 0.6 is 11.5 Å². The van der Waals surface area contributed by atoms with Gasteiger partial charge in [0.25, 0.3) is 0 Å². The van der Waals surface area contributed by atoms with Gasteiger partial charge in [-0.2, -0.15) is 4.37 Å². The van der Waals surface area contributed by atoms with Gasteiger partial charge in [-0.15, -0.1) is 0 Å². The van der Waals surface area contributed by atoms with Crippen molar-refractivity contribution in [1.82, 2.24) is 4.37 Å². The molecule has 0 saturated carbocycles. The summed E-state index contributed by atoms with van der Waals surface area (Å²) in [4.78, 5) is 0. The van der Waals surface area contributed by atoms with E-state index in [2.05, 4.69) is 9.69 Å². The van der Waals surface area contributed by atoms with Crippen molar-refractivity contribution in [1.29, 1.82) is 0 Å². The largest absolute Gasteiger partial charge is 0.484 e. The SMILES string of the molecule is COCCNc1snc(N)c1OC(C)C. The first-order valence-electron chi connectivity index (χ1n) is 4.79. The van der Waals surface area contributed by atoms with E-state index in [0.29, 0.717) is 24.7 Å². The molecule has 0 aliphatic carbocycles. The fourth-order valence-electron chi connectivity index (χ4n) is 1.02. The Morgan fingerprint density at radius 2 is 2.27 bits per heavy atom. The highest BCUT2D eigenvalue weighted by molar-refractivity contribution is 7.11. The highest BCUT2D eigenvalue weighted by Crippen LogP contribution is 2.35. The molecule has 15 heavy (non-hydrogen) atoms. The Hall–Kier alpha value is -1.01. The van der Waals surface area contributed by atoms with E-state index in [9.17, 15) is 0 Å². The molecule has 0 spiro atoms. The number of hydrogen-bond acceptors (Lipinski definition) is 6. The summed E-state index contributed by atoms with van der Waals surface area (Å²) in [5.74, 6) is 1.08. The van der Waals surface area contributed by atoms with Gasteiger partial charge in [-0.1, -0.05) is 0 Å². The Kier molecular flexibility index (Phi) is 4.64.